The number of aliphatic hydroxyl groups is 1. The zero-order chi connectivity index (χ0) is 12.5. The molecular weight excluding hydrogens is 220 g/mol. The second kappa shape index (κ2) is 7.76. The number of methoxy groups -OCH3 is 1. The second-order valence-electron chi connectivity index (χ2n) is 3.44. The molecule has 17 heavy (non-hydrogen) atoms. The van der Waals surface area contributed by atoms with Gasteiger partial charge < -0.3 is 9.84 Å². The number of nitriles is 1. The van der Waals surface area contributed by atoms with Gasteiger partial charge in [-0.25, -0.2) is 0 Å². The summed E-state index contributed by atoms with van der Waals surface area (Å²) >= 11 is 0. The van der Waals surface area contributed by atoms with Crippen molar-refractivity contribution in [3.05, 3.63) is 35.4 Å². The van der Waals surface area contributed by atoms with Crippen LogP contribution in [-0.2, 0) is 9.57 Å². The Morgan fingerprint density at radius 1 is 1.35 bits per heavy atom. The van der Waals surface area contributed by atoms with Gasteiger partial charge in [-0.3, -0.25) is 4.84 Å². The highest BCUT2D eigenvalue weighted by Crippen LogP contribution is 2.12. The van der Waals surface area contributed by atoms with Crippen molar-refractivity contribution in [2.75, 3.05) is 26.9 Å². The molecule has 0 saturated carbocycles. The van der Waals surface area contributed by atoms with E-state index in [1.54, 1.807) is 31.4 Å². The molecule has 1 unspecified atom stereocenters. The quantitative estimate of drug-likeness (QED) is 0.540. The molecule has 0 aromatic heterocycles. The molecule has 1 aromatic rings. The summed E-state index contributed by atoms with van der Waals surface area (Å²) in [6.07, 6.45) is -0.662. The number of hydrogen-bond acceptors (Lipinski definition) is 5. The van der Waals surface area contributed by atoms with Gasteiger partial charge >= 0.3 is 0 Å². The third kappa shape index (κ3) is 4.93. The number of hydrogen-bond donors (Lipinski definition) is 2. The van der Waals surface area contributed by atoms with Crippen LogP contribution in [0.4, 0.5) is 0 Å². The summed E-state index contributed by atoms with van der Waals surface area (Å²) in [5, 5.41) is 18.4. The van der Waals surface area contributed by atoms with Crippen LogP contribution in [0, 0.1) is 11.3 Å². The standard InChI is InChI=1S/C12H16N2O3/c1-16-6-7-17-14-9-12(15)11-4-2-10(8-13)3-5-11/h2-5,12,14-15H,6-7,9H2,1H3. The number of hydroxylamine groups is 1. The summed E-state index contributed by atoms with van der Waals surface area (Å²) in [5.74, 6) is 0. The highest BCUT2D eigenvalue weighted by molar-refractivity contribution is 5.32. The fourth-order valence-electron chi connectivity index (χ4n) is 1.23. The molecule has 1 rings (SSSR count). The zero-order valence-electron chi connectivity index (χ0n) is 9.72. The second-order valence-corrected chi connectivity index (χ2v) is 3.44. The molecule has 1 aromatic carbocycles. The van der Waals surface area contributed by atoms with Gasteiger partial charge in [-0.15, -0.1) is 0 Å². The number of ether oxygens (including phenoxy) is 1. The number of benzene rings is 1. The van der Waals surface area contributed by atoms with Crippen LogP contribution in [0.15, 0.2) is 24.3 Å². The average molecular weight is 236 g/mol. The van der Waals surface area contributed by atoms with E-state index in [-0.39, 0.29) is 6.54 Å². The van der Waals surface area contributed by atoms with Crippen molar-refractivity contribution in [2.45, 2.75) is 6.10 Å². The van der Waals surface area contributed by atoms with Crippen molar-refractivity contribution in [1.82, 2.24) is 5.48 Å². The SMILES string of the molecule is COCCONCC(O)c1ccc(C#N)cc1. The fraction of sp³-hybridized carbons (Fsp3) is 0.417. The van der Waals surface area contributed by atoms with Crippen molar-refractivity contribution in [3.63, 3.8) is 0 Å². The van der Waals surface area contributed by atoms with Gasteiger partial charge in [-0.05, 0) is 17.7 Å². The summed E-state index contributed by atoms with van der Waals surface area (Å²) < 4.78 is 4.80. The minimum Gasteiger partial charge on any atom is -0.387 e. The summed E-state index contributed by atoms with van der Waals surface area (Å²) in [7, 11) is 1.59. The number of nitrogens with zero attached hydrogens (tertiary/aromatic N) is 1. The number of rotatable bonds is 7. The van der Waals surface area contributed by atoms with E-state index in [0.717, 1.165) is 5.56 Å². The Labute approximate surface area is 101 Å². The molecule has 5 nitrogen and oxygen atoms in total. The Hall–Kier alpha value is -1.45. The molecule has 0 radical (unpaired) electrons. The molecule has 0 aliphatic carbocycles. The first-order valence-corrected chi connectivity index (χ1v) is 5.29. The Balaban J connectivity index is 2.31. The van der Waals surface area contributed by atoms with Crippen molar-refractivity contribution < 1.29 is 14.7 Å². The smallest absolute Gasteiger partial charge is 0.0991 e. The molecule has 1 atom stereocenters. The molecule has 5 heteroatoms. The van der Waals surface area contributed by atoms with Crippen molar-refractivity contribution >= 4 is 0 Å². The van der Waals surface area contributed by atoms with Gasteiger partial charge in [0.1, 0.15) is 0 Å². The molecular formula is C12H16N2O3. The Morgan fingerprint density at radius 2 is 2.06 bits per heavy atom. The van der Waals surface area contributed by atoms with Crippen molar-refractivity contribution in [3.8, 4) is 6.07 Å². The fourth-order valence-corrected chi connectivity index (χ4v) is 1.23. The monoisotopic (exact) mass is 236 g/mol. The lowest BCUT2D eigenvalue weighted by Gasteiger charge is -2.12. The van der Waals surface area contributed by atoms with E-state index >= 15 is 0 Å². The predicted molar refractivity (Wildman–Crippen MR) is 61.9 cm³/mol. The van der Waals surface area contributed by atoms with E-state index in [2.05, 4.69) is 5.48 Å². The maximum absolute atomic E-state index is 9.78. The Morgan fingerprint density at radius 3 is 2.65 bits per heavy atom. The molecule has 0 saturated heterocycles. The maximum Gasteiger partial charge on any atom is 0.0991 e. The molecule has 0 spiro atoms. The maximum atomic E-state index is 9.78. The first kappa shape index (κ1) is 13.6. The van der Waals surface area contributed by atoms with Crippen molar-refractivity contribution in [1.29, 1.82) is 5.26 Å². The van der Waals surface area contributed by atoms with Gasteiger partial charge in [0.2, 0.25) is 0 Å². The van der Waals surface area contributed by atoms with Crippen LogP contribution in [0.1, 0.15) is 17.2 Å². The van der Waals surface area contributed by atoms with Crippen LogP contribution < -0.4 is 5.48 Å². The summed E-state index contributed by atoms with van der Waals surface area (Å²) in [6.45, 7) is 1.21. The summed E-state index contributed by atoms with van der Waals surface area (Å²) in [6, 6.07) is 8.81. The van der Waals surface area contributed by atoms with E-state index in [1.807, 2.05) is 6.07 Å². The van der Waals surface area contributed by atoms with E-state index in [0.29, 0.717) is 18.8 Å². The molecule has 92 valence electrons. The lowest BCUT2D eigenvalue weighted by atomic mass is 10.1. The van der Waals surface area contributed by atoms with Gasteiger partial charge in [-0.2, -0.15) is 10.7 Å². The van der Waals surface area contributed by atoms with Gasteiger partial charge in [0.15, 0.2) is 0 Å². The third-order valence-electron chi connectivity index (χ3n) is 2.19. The highest BCUT2D eigenvalue weighted by Gasteiger charge is 2.06. The van der Waals surface area contributed by atoms with E-state index in [4.69, 9.17) is 14.8 Å². The van der Waals surface area contributed by atoms with Crippen LogP contribution in [0.2, 0.25) is 0 Å². The molecule has 0 fully saturated rings. The predicted octanol–water partition coefficient (Wildman–Crippen LogP) is 0.759. The molecule has 2 N–H and O–H groups in total. The largest absolute Gasteiger partial charge is 0.387 e. The number of nitrogens with one attached hydrogen (secondary N) is 1. The minimum absolute atomic E-state index is 0.287. The zero-order valence-corrected chi connectivity index (χ0v) is 9.72. The number of aliphatic hydroxyl groups excluding tert-OH is 1. The highest BCUT2D eigenvalue weighted by atomic mass is 16.7. The topological polar surface area (TPSA) is 74.5 Å². The van der Waals surface area contributed by atoms with Crippen LogP contribution in [0.25, 0.3) is 0 Å². The van der Waals surface area contributed by atoms with Gasteiger partial charge in [0.05, 0.1) is 37.5 Å². The van der Waals surface area contributed by atoms with Gasteiger partial charge in [-0.1, -0.05) is 12.1 Å². The van der Waals surface area contributed by atoms with Crippen LogP contribution in [0.3, 0.4) is 0 Å². The van der Waals surface area contributed by atoms with Crippen LogP contribution >= 0.6 is 0 Å². The van der Waals surface area contributed by atoms with Crippen LogP contribution in [0.5, 0.6) is 0 Å². The minimum atomic E-state index is -0.662. The van der Waals surface area contributed by atoms with E-state index in [9.17, 15) is 5.11 Å². The molecule has 0 aliphatic heterocycles. The van der Waals surface area contributed by atoms with E-state index in [1.165, 1.54) is 0 Å². The van der Waals surface area contributed by atoms with Gasteiger partial charge in [0.25, 0.3) is 0 Å². The first-order chi connectivity index (χ1) is 8.27. The average Bonchev–Trinajstić information content (AvgIpc) is 2.38. The molecule has 0 bridgehead atoms. The lowest BCUT2D eigenvalue weighted by molar-refractivity contribution is -0.0112. The summed E-state index contributed by atoms with van der Waals surface area (Å²) in [4.78, 5) is 5.02. The molecule has 0 amide bonds. The molecule has 0 aliphatic rings. The summed E-state index contributed by atoms with van der Waals surface area (Å²) in [5.41, 5.74) is 3.97. The third-order valence-corrected chi connectivity index (χ3v) is 2.19. The molecule has 0 heterocycles. The van der Waals surface area contributed by atoms with Crippen molar-refractivity contribution in [2.24, 2.45) is 0 Å². The van der Waals surface area contributed by atoms with Crippen LogP contribution in [-0.4, -0.2) is 32.0 Å². The normalized spacial score (nSPS) is 12.1. The Kier molecular flexibility index (Phi) is 6.22. The van der Waals surface area contributed by atoms with Gasteiger partial charge in [0, 0.05) is 7.11 Å². The lowest BCUT2D eigenvalue weighted by Crippen LogP contribution is -2.23. The van der Waals surface area contributed by atoms with E-state index < -0.39 is 6.10 Å². The first-order valence-electron chi connectivity index (χ1n) is 5.29. The Bertz CT molecular complexity index is 359.